The number of hydrogen-bond acceptors (Lipinski definition) is 3. The predicted octanol–water partition coefficient (Wildman–Crippen LogP) is 3.19. The summed E-state index contributed by atoms with van der Waals surface area (Å²) in [4.78, 5) is 45.6. The van der Waals surface area contributed by atoms with Gasteiger partial charge >= 0.3 is 6.03 Å². The monoisotopic (exact) mass is 422 g/mol. The number of nitrogens with zero attached hydrogens (tertiary/aromatic N) is 2. The first-order chi connectivity index (χ1) is 14.7. The summed E-state index contributed by atoms with van der Waals surface area (Å²) < 4.78 is 0. The van der Waals surface area contributed by atoms with Gasteiger partial charge in [0.05, 0.1) is 0 Å². The lowest BCUT2D eigenvalue weighted by atomic mass is 9.64. The largest absolute Gasteiger partial charge is 0.358 e. The fourth-order valence-corrected chi connectivity index (χ4v) is 6.26. The lowest BCUT2D eigenvalue weighted by Crippen LogP contribution is -2.54. The van der Waals surface area contributed by atoms with Gasteiger partial charge in [0.15, 0.2) is 0 Å². The van der Waals surface area contributed by atoms with Gasteiger partial charge in [-0.05, 0) is 36.7 Å². The molecule has 2 fully saturated rings. The Hall–Kier alpha value is -2.83. The molecule has 1 aliphatic carbocycles. The van der Waals surface area contributed by atoms with E-state index in [0.717, 1.165) is 39.9 Å². The van der Waals surface area contributed by atoms with Gasteiger partial charge in [-0.15, -0.1) is 0 Å². The number of aromatic amines is 1. The van der Waals surface area contributed by atoms with Crippen LogP contribution in [0.4, 0.5) is 4.79 Å². The molecule has 7 heteroatoms. The number of nitrogens with one attached hydrogen (secondary N) is 2. The third kappa shape index (κ3) is 3.30. The van der Waals surface area contributed by atoms with E-state index in [9.17, 15) is 14.4 Å². The van der Waals surface area contributed by atoms with E-state index >= 15 is 0 Å². The molecule has 2 aliphatic heterocycles. The van der Waals surface area contributed by atoms with Crippen molar-refractivity contribution in [2.75, 3.05) is 13.1 Å². The fraction of sp³-hybridized carbons (Fsp3) is 0.542. The summed E-state index contributed by atoms with van der Waals surface area (Å²) in [5, 5.41) is 4.09. The Morgan fingerprint density at radius 2 is 1.97 bits per heavy atom. The average molecular weight is 423 g/mol. The molecule has 3 heterocycles. The van der Waals surface area contributed by atoms with Crippen LogP contribution in [0.5, 0.6) is 0 Å². The number of rotatable bonds is 2. The van der Waals surface area contributed by atoms with E-state index in [1.165, 1.54) is 0 Å². The van der Waals surface area contributed by atoms with Gasteiger partial charge in [-0.2, -0.15) is 0 Å². The van der Waals surface area contributed by atoms with Gasteiger partial charge < -0.3 is 15.2 Å². The lowest BCUT2D eigenvalue weighted by Gasteiger charge is -2.43. The zero-order valence-corrected chi connectivity index (χ0v) is 18.5. The minimum absolute atomic E-state index is 0.0285. The average Bonchev–Trinajstić information content (AvgIpc) is 3.16. The Labute approximate surface area is 182 Å². The molecule has 1 aromatic heterocycles. The Balaban J connectivity index is 1.33. The van der Waals surface area contributed by atoms with E-state index in [4.69, 9.17) is 0 Å². The highest BCUT2D eigenvalue weighted by Gasteiger charge is 2.56. The standard InChI is InChI=1S/C24H30N4O3/c1-15-10-23(2,3)14-24(11-15)21(30)28(22(31)26-24)13-20(29)27-9-8-19-17(12-27)16-6-4-5-7-18(16)25-19/h4-7,15,25H,8-14H2,1-3H3,(H,26,31). The third-order valence-electron chi connectivity index (χ3n) is 7.15. The van der Waals surface area contributed by atoms with Gasteiger partial charge in [0.1, 0.15) is 12.1 Å². The van der Waals surface area contributed by atoms with E-state index in [1.54, 1.807) is 4.90 Å². The minimum atomic E-state index is -0.871. The molecular weight excluding hydrogens is 392 g/mol. The molecule has 0 radical (unpaired) electrons. The third-order valence-corrected chi connectivity index (χ3v) is 7.15. The predicted molar refractivity (Wildman–Crippen MR) is 117 cm³/mol. The van der Waals surface area contributed by atoms with Crippen molar-refractivity contribution in [2.45, 2.75) is 58.5 Å². The Morgan fingerprint density at radius 3 is 2.74 bits per heavy atom. The second-order valence-corrected chi connectivity index (χ2v) is 10.5. The number of urea groups is 1. The molecule has 7 nitrogen and oxygen atoms in total. The number of aromatic nitrogens is 1. The van der Waals surface area contributed by atoms with Crippen molar-refractivity contribution in [3.05, 3.63) is 35.5 Å². The molecule has 2 unspecified atom stereocenters. The highest BCUT2D eigenvalue weighted by Crippen LogP contribution is 2.46. The Bertz CT molecular complexity index is 1090. The van der Waals surface area contributed by atoms with Crippen molar-refractivity contribution in [2.24, 2.45) is 11.3 Å². The topological polar surface area (TPSA) is 85.5 Å². The number of carbonyl (C=O) groups excluding carboxylic acids is 3. The van der Waals surface area contributed by atoms with Gasteiger partial charge in [-0.1, -0.05) is 39.0 Å². The molecule has 0 bridgehead atoms. The van der Waals surface area contributed by atoms with E-state index < -0.39 is 11.6 Å². The van der Waals surface area contributed by atoms with Crippen LogP contribution in [-0.2, 0) is 22.6 Å². The summed E-state index contributed by atoms with van der Waals surface area (Å²) in [5.41, 5.74) is 2.47. The number of fused-ring (bicyclic) bond motifs is 3. The maximum absolute atomic E-state index is 13.3. The maximum Gasteiger partial charge on any atom is 0.325 e. The smallest absolute Gasteiger partial charge is 0.325 e. The molecule has 1 spiro atoms. The van der Waals surface area contributed by atoms with Crippen molar-refractivity contribution in [1.29, 1.82) is 0 Å². The SMILES string of the molecule is CC1CC(C)(C)CC2(C1)NC(=O)N(CC(=O)N1CCc3[nH]c4ccccc4c3C1)C2=O. The summed E-state index contributed by atoms with van der Waals surface area (Å²) in [6, 6.07) is 7.66. The number of imide groups is 1. The summed E-state index contributed by atoms with van der Waals surface area (Å²) in [7, 11) is 0. The van der Waals surface area contributed by atoms with Gasteiger partial charge in [0, 0.05) is 41.7 Å². The molecule has 1 saturated carbocycles. The van der Waals surface area contributed by atoms with Crippen LogP contribution in [0.1, 0.15) is 51.3 Å². The van der Waals surface area contributed by atoms with E-state index in [1.807, 2.05) is 18.2 Å². The van der Waals surface area contributed by atoms with Crippen molar-refractivity contribution in [1.82, 2.24) is 20.1 Å². The van der Waals surface area contributed by atoms with Crippen LogP contribution in [0, 0.1) is 11.3 Å². The first-order valence-electron chi connectivity index (χ1n) is 11.2. The van der Waals surface area contributed by atoms with E-state index in [2.05, 4.69) is 37.1 Å². The minimum Gasteiger partial charge on any atom is -0.358 e. The lowest BCUT2D eigenvalue weighted by molar-refractivity contribution is -0.141. The first-order valence-corrected chi connectivity index (χ1v) is 11.2. The first kappa shape index (κ1) is 20.1. The molecule has 2 aromatic rings. The molecule has 164 valence electrons. The van der Waals surface area contributed by atoms with Crippen LogP contribution < -0.4 is 5.32 Å². The molecule has 2 N–H and O–H groups in total. The highest BCUT2D eigenvalue weighted by molar-refractivity contribution is 6.09. The van der Waals surface area contributed by atoms with Crippen LogP contribution in [0.3, 0.4) is 0 Å². The summed E-state index contributed by atoms with van der Waals surface area (Å²) in [5.74, 6) is -0.0825. The number of carbonyl (C=O) groups is 3. The summed E-state index contributed by atoms with van der Waals surface area (Å²) in [6.45, 7) is 7.30. The fourth-order valence-electron chi connectivity index (χ4n) is 6.26. The number of H-pyrrole nitrogens is 1. The molecule has 31 heavy (non-hydrogen) atoms. The molecule has 5 rings (SSSR count). The molecule has 2 atom stereocenters. The molecule has 1 saturated heterocycles. The zero-order chi connectivity index (χ0) is 22.0. The normalized spacial score (nSPS) is 27.6. The van der Waals surface area contributed by atoms with Crippen molar-refractivity contribution in [3.63, 3.8) is 0 Å². The van der Waals surface area contributed by atoms with Crippen LogP contribution in [0.25, 0.3) is 10.9 Å². The Kier molecular flexibility index (Phi) is 4.43. The summed E-state index contributed by atoms with van der Waals surface area (Å²) >= 11 is 0. The number of amides is 4. The van der Waals surface area contributed by atoms with E-state index in [0.29, 0.717) is 31.8 Å². The number of hydrogen-bond donors (Lipinski definition) is 2. The zero-order valence-electron chi connectivity index (χ0n) is 18.5. The van der Waals surface area contributed by atoms with Crippen molar-refractivity contribution in [3.8, 4) is 0 Å². The van der Waals surface area contributed by atoms with Gasteiger partial charge in [0.25, 0.3) is 5.91 Å². The molecule has 4 amide bonds. The Morgan fingerprint density at radius 1 is 1.19 bits per heavy atom. The van der Waals surface area contributed by atoms with Crippen LogP contribution in [0.15, 0.2) is 24.3 Å². The molecule has 1 aromatic carbocycles. The second-order valence-electron chi connectivity index (χ2n) is 10.5. The molecular formula is C24H30N4O3. The van der Waals surface area contributed by atoms with Gasteiger partial charge in [-0.25, -0.2) is 4.79 Å². The quantitative estimate of drug-likeness (QED) is 0.729. The second kappa shape index (κ2) is 6.84. The van der Waals surface area contributed by atoms with Crippen molar-refractivity contribution >= 4 is 28.7 Å². The number of para-hydroxylation sites is 1. The summed E-state index contributed by atoms with van der Waals surface area (Å²) in [6.07, 6.45) is 3.01. The van der Waals surface area contributed by atoms with Crippen molar-refractivity contribution < 1.29 is 14.4 Å². The van der Waals surface area contributed by atoms with Gasteiger partial charge in [0.2, 0.25) is 5.91 Å². The van der Waals surface area contributed by atoms with Crippen LogP contribution in [-0.4, -0.2) is 51.3 Å². The number of benzene rings is 1. The molecule has 3 aliphatic rings. The van der Waals surface area contributed by atoms with Crippen LogP contribution >= 0.6 is 0 Å². The maximum atomic E-state index is 13.3. The highest BCUT2D eigenvalue weighted by atomic mass is 16.2. The van der Waals surface area contributed by atoms with Crippen LogP contribution in [0.2, 0.25) is 0 Å². The van der Waals surface area contributed by atoms with E-state index in [-0.39, 0.29) is 23.8 Å². The van der Waals surface area contributed by atoms with Gasteiger partial charge in [-0.3, -0.25) is 14.5 Å².